The zero-order valence-electron chi connectivity index (χ0n) is 13.0. The molecule has 0 amide bonds. The summed E-state index contributed by atoms with van der Waals surface area (Å²) in [6.07, 6.45) is 4.30. The lowest BCUT2D eigenvalue weighted by Crippen LogP contribution is -2.47. The fourth-order valence-corrected chi connectivity index (χ4v) is 3.68. The van der Waals surface area contributed by atoms with Crippen LogP contribution in [0.15, 0.2) is 23.2 Å². The van der Waals surface area contributed by atoms with Crippen LogP contribution >= 0.6 is 0 Å². The van der Waals surface area contributed by atoms with E-state index in [4.69, 9.17) is 9.47 Å². The lowest BCUT2D eigenvalue weighted by atomic mass is 9.96. The van der Waals surface area contributed by atoms with Crippen molar-refractivity contribution in [1.82, 2.24) is 10.6 Å². The minimum atomic E-state index is 0.362. The Bertz CT molecular complexity index is 587. The fourth-order valence-electron chi connectivity index (χ4n) is 3.68. The third-order valence-electron chi connectivity index (χ3n) is 4.90. The molecule has 0 saturated carbocycles. The van der Waals surface area contributed by atoms with E-state index < -0.39 is 0 Å². The predicted octanol–water partition coefficient (Wildman–Crippen LogP) is 1.70. The van der Waals surface area contributed by atoms with Crippen molar-refractivity contribution in [3.05, 3.63) is 34.9 Å². The summed E-state index contributed by atoms with van der Waals surface area (Å²) in [5.74, 6) is 0.859. The molecule has 0 radical (unpaired) electrons. The van der Waals surface area contributed by atoms with Crippen LogP contribution in [0, 0.1) is 0 Å². The van der Waals surface area contributed by atoms with E-state index in [9.17, 15) is 0 Å². The highest BCUT2D eigenvalue weighted by Crippen LogP contribution is 2.34. The maximum absolute atomic E-state index is 5.88. The number of fused-ring (bicyclic) bond motifs is 3. The summed E-state index contributed by atoms with van der Waals surface area (Å²) < 4.78 is 11.3. The normalized spacial score (nSPS) is 29.7. The number of nitrogens with zero attached hydrogens (tertiary/aromatic N) is 1. The van der Waals surface area contributed by atoms with Gasteiger partial charge in [-0.2, -0.15) is 0 Å². The van der Waals surface area contributed by atoms with Crippen molar-refractivity contribution in [1.29, 1.82) is 0 Å². The molecule has 0 aromatic heterocycles. The number of rotatable bonds is 3. The van der Waals surface area contributed by atoms with Crippen LogP contribution in [-0.4, -0.2) is 31.3 Å². The summed E-state index contributed by atoms with van der Waals surface area (Å²) in [5, 5.41) is 6.91. The number of hydrogen-bond donors (Lipinski definition) is 2. The molecule has 3 aliphatic heterocycles. The molecular weight excluding hydrogens is 278 g/mol. The molecule has 2 fully saturated rings. The van der Waals surface area contributed by atoms with Crippen LogP contribution in [0.1, 0.15) is 36.0 Å². The summed E-state index contributed by atoms with van der Waals surface area (Å²) in [6.45, 7) is 2.25. The van der Waals surface area contributed by atoms with E-state index in [1.165, 1.54) is 29.5 Å². The molecule has 4 rings (SSSR count). The van der Waals surface area contributed by atoms with Crippen molar-refractivity contribution in [2.45, 2.75) is 57.3 Å². The van der Waals surface area contributed by atoms with E-state index in [1.807, 2.05) is 7.05 Å². The van der Waals surface area contributed by atoms with E-state index in [2.05, 4.69) is 33.8 Å². The van der Waals surface area contributed by atoms with Gasteiger partial charge < -0.3 is 20.1 Å². The summed E-state index contributed by atoms with van der Waals surface area (Å²) in [5.41, 5.74) is 3.88. The van der Waals surface area contributed by atoms with Crippen molar-refractivity contribution in [3.8, 4) is 0 Å². The second-order valence-electron chi connectivity index (χ2n) is 6.38. The first-order valence-corrected chi connectivity index (χ1v) is 8.13. The molecule has 3 unspecified atom stereocenters. The molecule has 3 heterocycles. The highest BCUT2D eigenvalue weighted by Gasteiger charge is 2.41. The molecule has 2 saturated heterocycles. The van der Waals surface area contributed by atoms with Gasteiger partial charge in [0.05, 0.1) is 31.5 Å². The highest BCUT2D eigenvalue weighted by atomic mass is 16.5. The number of guanidine groups is 1. The van der Waals surface area contributed by atoms with E-state index >= 15 is 0 Å². The van der Waals surface area contributed by atoms with Gasteiger partial charge in [0.2, 0.25) is 0 Å². The van der Waals surface area contributed by atoms with E-state index in [-0.39, 0.29) is 0 Å². The number of nitrogens with one attached hydrogen (secondary N) is 2. The Morgan fingerprint density at radius 3 is 2.95 bits per heavy atom. The number of hydrogen-bond acceptors (Lipinski definition) is 3. The average Bonchev–Trinajstić information content (AvgIpc) is 3.26. The minimum Gasteiger partial charge on any atom is -0.373 e. The molecule has 2 bridgehead atoms. The number of aliphatic imine (C=N–C) groups is 1. The average molecular weight is 301 g/mol. The molecule has 1 aromatic rings. The molecule has 118 valence electrons. The summed E-state index contributed by atoms with van der Waals surface area (Å²) in [4.78, 5) is 4.34. The molecule has 0 spiro atoms. The van der Waals surface area contributed by atoms with Gasteiger partial charge in [-0.3, -0.25) is 4.99 Å². The van der Waals surface area contributed by atoms with Gasteiger partial charge in [-0.15, -0.1) is 0 Å². The minimum absolute atomic E-state index is 0.362. The third kappa shape index (κ3) is 2.71. The van der Waals surface area contributed by atoms with Gasteiger partial charge in [-0.1, -0.05) is 18.2 Å². The van der Waals surface area contributed by atoms with Crippen molar-refractivity contribution in [3.63, 3.8) is 0 Å². The zero-order valence-corrected chi connectivity index (χ0v) is 13.0. The van der Waals surface area contributed by atoms with Gasteiger partial charge >= 0.3 is 0 Å². The van der Waals surface area contributed by atoms with E-state index in [0.717, 1.165) is 32.1 Å². The maximum Gasteiger partial charge on any atom is 0.191 e. The Kier molecular flexibility index (Phi) is 3.76. The summed E-state index contributed by atoms with van der Waals surface area (Å²) in [6, 6.07) is 6.95. The third-order valence-corrected chi connectivity index (χ3v) is 4.90. The van der Waals surface area contributed by atoms with Crippen LogP contribution in [0.3, 0.4) is 0 Å². The topological polar surface area (TPSA) is 54.9 Å². The molecule has 3 atom stereocenters. The smallest absolute Gasteiger partial charge is 0.191 e. The van der Waals surface area contributed by atoms with Crippen LogP contribution in [0.2, 0.25) is 0 Å². The standard InChI is InChI=1S/C17H23N3O2/c1-18-17(20-15-7-14-4-5-16(15)22-14)19-8-11-2-3-12-9-21-10-13(12)6-11/h2-3,6,14-16H,4-5,7-10H2,1H3,(H2,18,19,20). The molecule has 22 heavy (non-hydrogen) atoms. The molecule has 5 heteroatoms. The lowest BCUT2D eigenvalue weighted by Gasteiger charge is -2.22. The molecule has 1 aromatic carbocycles. The largest absolute Gasteiger partial charge is 0.373 e. The van der Waals surface area contributed by atoms with Gasteiger partial charge in [0.15, 0.2) is 5.96 Å². The Morgan fingerprint density at radius 1 is 1.27 bits per heavy atom. The molecule has 5 nitrogen and oxygen atoms in total. The molecule has 3 aliphatic rings. The van der Waals surface area contributed by atoms with E-state index in [0.29, 0.717) is 18.2 Å². The monoisotopic (exact) mass is 301 g/mol. The maximum atomic E-state index is 5.88. The Hall–Kier alpha value is -1.59. The Morgan fingerprint density at radius 2 is 2.18 bits per heavy atom. The second-order valence-corrected chi connectivity index (χ2v) is 6.38. The summed E-state index contributed by atoms with van der Waals surface area (Å²) >= 11 is 0. The zero-order chi connectivity index (χ0) is 14.9. The number of benzene rings is 1. The van der Waals surface area contributed by atoms with Crippen LogP contribution in [0.25, 0.3) is 0 Å². The van der Waals surface area contributed by atoms with Crippen molar-refractivity contribution in [2.24, 2.45) is 4.99 Å². The highest BCUT2D eigenvalue weighted by molar-refractivity contribution is 5.80. The van der Waals surface area contributed by atoms with Gasteiger partial charge in [-0.05, 0) is 36.0 Å². The van der Waals surface area contributed by atoms with Crippen LogP contribution in [0.5, 0.6) is 0 Å². The molecule has 2 N–H and O–H groups in total. The van der Waals surface area contributed by atoms with Gasteiger partial charge in [0, 0.05) is 13.6 Å². The first kappa shape index (κ1) is 14.0. The van der Waals surface area contributed by atoms with Gasteiger partial charge in [0.1, 0.15) is 0 Å². The SMILES string of the molecule is CN=C(NCc1ccc2c(c1)COC2)NC1CC2CCC1O2. The van der Waals surface area contributed by atoms with Crippen molar-refractivity contribution < 1.29 is 9.47 Å². The predicted molar refractivity (Wildman–Crippen MR) is 84.6 cm³/mol. The van der Waals surface area contributed by atoms with Crippen LogP contribution in [0.4, 0.5) is 0 Å². The molecule has 0 aliphatic carbocycles. The van der Waals surface area contributed by atoms with Crippen LogP contribution < -0.4 is 10.6 Å². The number of ether oxygens (including phenoxy) is 2. The fraction of sp³-hybridized carbons (Fsp3) is 0.588. The lowest BCUT2D eigenvalue weighted by molar-refractivity contribution is 0.0992. The molecular formula is C17H23N3O2. The van der Waals surface area contributed by atoms with E-state index in [1.54, 1.807) is 0 Å². The van der Waals surface area contributed by atoms with Gasteiger partial charge in [-0.25, -0.2) is 0 Å². The van der Waals surface area contributed by atoms with Crippen LogP contribution in [-0.2, 0) is 29.2 Å². The second kappa shape index (κ2) is 5.89. The Labute approximate surface area is 131 Å². The van der Waals surface area contributed by atoms with Crippen molar-refractivity contribution >= 4 is 5.96 Å². The first-order valence-electron chi connectivity index (χ1n) is 8.13. The summed E-state index contributed by atoms with van der Waals surface area (Å²) in [7, 11) is 1.82. The quantitative estimate of drug-likeness (QED) is 0.659. The Balaban J connectivity index is 1.34. The van der Waals surface area contributed by atoms with Gasteiger partial charge in [0.25, 0.3) is 0 Å². The first-order chi connectivity index (χ1) is 10.8. The van der Waals surface area contributed by atoms with Crippen molar-refractivity contribution in [2.75, 3.05) is 7.05 Å².